The van der Waals surface area contributed by atoms with Crippen molar-refractivity contribution >= 4 is 27.0 Å². The Hall–Kier alpha value is -2.68. The van der Waals surface area contributed by atoms with Crippen LogP contribution in [0.25, 0.3) is 22.2 Å². The molecule has 3 aromatic rings. The zero-order valence-electron chi connectivity index (χ0n) is 22.0. The van der Waals surface area contributed by atoms with E-state index in [1.54, 1.807) is 12.1 Å². The van der Waals surface area contributed by atoms with Crippen molar-refractivity contribution in [3.63, 3.8) is 0 Å². The predicted octanol–water partition coefficient (Wildman–Crippen LogP) is 4.91. The number of amides is 1. The van der Waals surface area contributed by atoms with Gasteiger partial charge in [0.2, 0.25) is 0 Å². The Morgan fingerprint density at radius 2 is 1.83 bits per heavy atom. The Kier molecular flexibility index (Phi) is 9.33. The molecule has 36 heavy (non-hydrogen) atoms. The number of carbonyl (C=O) groups excluding carboxylic acids is 1. The maximum absolute atomic E-state index is 12.8. The number of unbranched alkanes of at least 4 members (excludes halogenated alkanes) is 3. The lowest BCUT2D eigenvalue weighted by Crippen LogP contribution is -2.39. The normalized spacial score (nSPS) is 15.0. The number of benzene rings is 2. The second kappa shape index (κ2) is 12.0. The van der Waals surface area contributed by atoms with Crippen LogP contribution in [0.5, 0.6) is 0 Å². The number of hydrogen-bond acceptors (Lipinski definition) is 4. The Morgan fingerprint density at radius 3 is 2.53 bits per heavy atom. The summed E-state index contributed by atoms with van der Waals surface area (Å²) in [6.45, 7) is 6.61. The van der Waals surface area contributed by atoms with E-state index in [1.165, 1.54) is 26.1 Å². The lowest BCUT2D eigenvalue weighted by molar-refractivity contribution is 0.0980. The second-order valence-corrected chi connectivity index (χ2v) is 11.1. The molecule has 1 aromatic heterocycles. The van der Waals surface area contributed by atoms with Crippen LogP contribution in [-0.2, 0) is 29.6 Å². The number of carbonyl (C=O) groups is 1. The van der Waals surface area contributed by atoms with Crippen LogP contribution in [0.2, 0.25) is 0 Å². The summed E-state index contributed by atoms with van der Waals surface area (Å²) in [6, 6.07) is 13.5. The van der Waals surface area contributed by atoms with Gasteiger partial charge in [-0.15, -0.1) is 0 Å². The maximum Gasteiger partial charge on any atom is 0.303 e. The highest BCUT2D eigenvalue weighted by atomic mass is 32.2. The first-order valence-electron chi connectivity index (χ1n) is 12.9. The summed E-state index contributed by atoms with van der Waals surface area (Å²) in [4.78, 5) is 12.8. The summed E-state index contributed by atoms with van der Waals surface area (Å²) in [6.07, 6.45) is 5.48. The first-order valence-corrected chi connectivity index (χ1v) is 14.3. The quantitative estimate of drug-likeness (QED) is 0.419. The van der Waals surface area contributed by atoms with E-state index in [1.807, 2.05) is 32.0 Å². The predicted molar refractivity (Wildman–Crippen MR) is 146 cm³/mol. The zero-order chi connectivity index (χ0) is 26.5. The molecule has 7 nitrogen and oxygen atoms in total. The average molecular weight is 514 g/mol. The van der Waals surface area contributed by atoms with Gasteiger partial charge in [-0.05, 0) is 36.1 Å². The number of aromatic nitrogens is 1. The van der Waals surface area contributed by atoms with Gasteiger partial charge < -0.3 is 9.67 Å². The first-order chi connectivity index (χ1) is 17.2. The Morgan fingerprint density at radius 1 is 1.11 bits per heavy atom. The van der Waals surface area contributed by atoms with Crippen LogP contribution in [0.1, 0.15) is 67.9 Å². The van der Waals surface area contributed by atoms with Gasteiger partial charge in [0.15, 0.2) is 0 Å². The van der Waals surface area contributed by atoms with E-state index < -0.39 is 22.2 Å². The van der Waals surface area contributed by atoms with Gasteiger partial charge in [-0.2, -0.15) is 12.7 Å². The summed E-state index contributed by atoms with van der Waals surface area (Å²) in [5.74, 6) is -0.676. The molecule has 196 valence electrons. The zero-order valence-corrected chi connectivity index (χ0v) is 22.9. The third-order valence-corrected chi connectivity index (χ3v) is 7.94. The fraction of sp³-hybridized carbons (Fsp3) is 0.464. The largest absolute Gasteiger partial charge is 0.391 e. The number of aliphatic hydroxyl groups excluding tert-OH is 1. The highest BCUT2D eigenvalue weighted by Gasteiger charge is 2.27. The van der Waals surface area contributed by atoms with E-state index in [2.05, 4.69) is 28.3 Å². The van der Waals surface area contributed by atoms with Gasteiger partial charge in [0, 0.05) is 49.1 Å². The minimum Gasteiger partial charge on any atom is -0.391 e. The van der Waals surface area contributed by atoms with Gasteiger partial charge in [-0.25, -0.2) is 4.72 Å². The molecule has 4 rings (SSSR count). The van der Waals surface area contributed by atoms with E-state index >= 15 is 0 Å². The molecule has 0 saturated heterocycles. The molecule has 0 radical (unpaired) electrons. The molecule has 1 aliphatic rings. The van der Waals surface area contributed by atoms with Crippen LogP contribution < -0.4 is 4.72 Å². The SMILES string of the molecule is CC.CCCCCCc1c2n(c3cc(C(=O)NS(=O)(=O)N(C)C)ccc13)CC(O)Cc1ccccc1-2. The molecular formula is C28H39N3O4S. The van der Waals surface area contributed by atoms with Crippen molar-refractivity contribution in [2.45, 2.75) is 71.9 Å². The van der Waals surface area contributed by atoms with Gasteiger partial charge in [0.05, 0.1) is 11.8 Å². The standard InChI is InChI=1S/C26H33N3O4S.C2H6/c1-4-5-6-7-12-23-22-14-13-19(26(31)27-34(32,33)28(2)3)16-24(22)29-17-20(30)15-18-10-8-9-11-21(18)25(23)29;1-2/h8-11,13-14,16,20,30H,4-7,12,15,17H2,1-3H3,(H,27,31);1-2H3. The first kappa shape index (κ1) is 27.9. The summed E-state index contributed by atoms with van der Waals surface area (Å²) in [5.41, 5.74) is 5.65. The minimum atomic E-state index is -3.90. The fourth-order valence-electron chi connectivity index (χ4n) is 4.77. The third kappa shape index (κ3) is 5.82. The Labute approximate surface area is 215 Å². The van der Waals surface area contributed by atoms with Crippen LogP contribution in [0.15, 0.2) is 42.5 Å². The lowest BCUT2D eigenvalue weighted by Gasteiger charge is -2.13. The van der Waals surface area contributed by atoms with Crippen molar-refractivity contribution in [1.29, 1.82) is 0 Å². The molecule has 0 aliphatic carbocycles. The number of aryl methyl sites for hydroxylation is 1. The molecule has 0 fully saturated rings. The van der Waals surface area contributed by atoms with Crippen molar-refractivity contribution in [1.82, 2.24) is 13.6 Å². The summed E-state index contributed by atoms with van der Waals surface area (Å²) < 4.78 is 29.5. The molecule has 1 unspecified atom stereocenters. The number of rotatable bonds is 8. The minimum absolute atomic E-state index is 0.266. The van der Waals surface area contributed by atoms with Crippen LogP contribution in [0.4, 0.5) is 0 Å². The van der Waals surface area contributed by atoms with Crippen LogP contribution in [-0.4, -0.2) is 48.5 Å². The molecule has 0 saturated carbocycles. The van der Waals surface area contributed by atoms with Gasteiger partial charge in [0.1, 0.15) is 0 Å². The molecule has 8 heteroatoms. The lowest BCUT2D eigenvalue weighted by atomic mass is 9.95. The van der Waals surface area contributed by atoms with E-state index in [0.29, 0.717) is 13.0 Å². The Balaban J connectivity index is 0.00000176. The third-order valence-electron chi connectivity index (χ3n) is 6.54. The van der Waals surface area contributed by atoms with Gasteiger partial charge >= 0.3 is 10.2 Å². The van der Waals surface area contributed by atoms with Gasteiger partial charge in [-0.1, -0.05) is 70.4 Å². The fourth-order valence-corrected chi connectivity index (χ4v) is 5.30. The van der Waals surface area contributed by atoms with Crippen LogP contribution in [0.3, 0.4) is 0 Å². The topological polar surface area (TPSA) is 91.6 Å². The monoisotopic (exact) mass is 513 g/mol. The second-order valence-electron chi connectivity index (χ2n) is 9.21. The molecular weight excluding hydrogens is 474 g/mol. The number of aliphatic hydroxyl groups is 1. The van der Waals surface area contributed by atoms with Crippen molar-refractivity contribution in [2.75, 3.05) is 14.1 Å². The summed E-state index contributed by atoms with van der Waals surface area (Å²) in [5, 5.41) is 11.8. The van der Waals surface area contributed by atoms with Crippen LogP contribution in [0, 0.1) is 0 Å². The van der Waals surface area contributed by atoms with Crippen molar-refractivity contribution in [3.8, 4) is 11.3 Å². The highest BCUT2D eigenvalue weighted by Crippen LogP contribution is 2.39. The average Bonchev–Trinajstić information content (AvgIpc) is 3.05. The van der Waals surface area contributed by atoms with E-state index in [-0.39, 0.29) is 5.56 Å². The van der Waals surface area contributed by atoms with E-state index in [9.17, 15) is 18.3 Å². The summed E-state index contributed by atoms with van der Waals surface area (Å²) in [7, 11) is -1.16. The maximum atomic E-state index is 12.8. The number of hydrogen-bond donors (Lipinski definition) is 2. The molecule has 0 bridgehead atoms. The van der Waals surface area contributed by atoms with E-state index in [0.717, 1.165) is 57.7 Å². The smallest absolute Gasteiger partial charge is 0.303 e. The molecule has 1 aliphatic heterocycles. The summed E-state index contributed by atoms with van der Waals surface area (Å²) >= 11 is 0. The number of nitrogens with one attached hydrogen (secondary N) is 1. The molecule has 2 heterocycles. The number of fused-ring (bicyclic) bond motifs is 5. The van der Waals surface area contributed by atoms with Crippen molar-refractivity contribution in [2.24, 2.45) is 0 Å². The molecule has 1 amide bonds. The van der Waals surface area contributed by atoms with Gasteiger partial charge in [-0.3, -0.25) is 4.79 Å². The van der Waals surface area contributed by atoms with Crippen molar-refractivity contribution in [3.05, 3.63) is 59.2 Å². The number of nitrogens with zero attached hydrogens (tertiary/aromatic N) is 2. The molecule has 2 N–H and O–H groups in total. The van der Waals surface area contributed by atoms with Crippen molar-refractivity contribution < 1.29 is 18.3 Å². The van der Waals surface area contributed by atoms with Gasteiger partial charge in [0.25, 0.3) is 5.91 Å². The highest BCUT2D eigenvalue weighted by molar-refractivity contribution is 7.87. The molecule has 2 aromatic carbocycles. The molecule has 1 atom stereocenters. The Bertz CT molecular complexity index is 1310. The van der Waals surface area contributed by atoms with E-state index in [4.69, 9.17) is 0 Å². The molecule has 0 spiro atoms. The van der Waals surface area contributed by atoms with Crippen LogP contribution >= 0.6 is 0 Å².